The van der Waals surface area contributed by atoms with Crippen LogP contribution in [-0.4, -0.2) is 29.0 Å². The second-order valence-electron chi connectivity index (χ2n) is 4.17. The van der Waals surface area contributed by atoms with Crippen LogP contribution in [0.3, 0.4) is 0 Å². The molecule has 3 heterocycles. The molecule has 0 aromatic carbocycles. The summed E-state index contributed by atoms with van der Waals surface area (Å²) >= 11 is 0. The topological polar surface area (TPSA) is 58.1 Å². The minimum absolute atomic E-state index is 0.655. The lowest BCUT2D eigenvalue weighted by atomic mass is 10.3. The fourth-order valence-electron chi connectivity index (χ4n) is 1.98. The first-order chi connectivity index (χ1) is 7.67. The molecule has 2 aromatic heterocycles. The van der Waals surface area contributed by atoms with Gasteiger partial charge in [0, 0.05) is 24.0 Å². The predicted molar refractivity (Wildman–Crippen MR) is 66.9 cm³/mol. The van der Waals surface area contributed by atoms with Crippen LogP contribution in [0.2, 0.25) is 0 Å². The molecule has 1 N–H and O–H groups in total. The second-order valence-corrected chi connectivity index (χ2v) is 7.24. The third-order valence-electron chi connectivity index (χ3n) is 2.86. The first-order valence-corrected chi connectivity index (χ1v) is 7.58. The SMILES string of the molecule is CP1(=O)CCC=Nc2cc3cc[nH]c3nc21. The van der Waals surface area contributed by atoms with Crippen molar-refractivity contribution in [1.82, 2.24) is 9.97 Å². The smallest absolute Gasteiger partial charge is 0.138 e. The molecule has 1 aliphatic rings. The largest absolute Gasteiger partial charge is 0.346 e. The Labute approximate surface area is 93.2 Å². The average Bonchev–Trinajstić information content (AvgIpc) is 2.64. The maximum Gasteiger partial charge on any atom is 0.138 e. The van der Waals surface area contributed by atoms with Crippen molar-refractivity contribution in [3.63, 3.8) is 0 Å². The van der Waals surface area contributed by atoms with E-state index >= 15 is 0 Å². The molecule has 1 atom stereocenters. The zero-order valence-corrected chi connectivity index (χ0v) is 9.87. The van der Waals surface area contributed by atoms with Gasteiger partial charge in [0.15, 0.2) is 0 Å². The van der Waals surface area contributed by atoms with Crippen LogP contribution in [0.4, 0.5) is 5.69 Å². The van der Waals surface area contributed by atoms with Crippen molar-refractivity contribution in [2.45, 2.75) is 6.42 Å². The van der Waals surface area contributed by atoms with Crippen molar-refractivity contribution in [3.8, 4) is 0 Å². The number of aromatic amines is 1. The van der Waals surface area contributed by atoms with Crippen molar-refractivity contribution >= 4 is 35.5 Å². The molecule has 3 rings (SSSR count). The molecule has 1 aliphatic heterocycles. The molecule has 0 aliphatic carbocycles. The molecule has 4 nitrogen and oxygen atoms in total. The molecule has 1 unspecified atom stereocenters. The third kappa shape index (κ3) is 1.41. The fraction of sp³-hybridized carbons (Fsp3) is 0.273. The van der Waals surface area contributed by atoms with Gasteiger partial charge in [0.2, 0.25) is 0 Å². The van der Waals surface area contributed by atoms with Gasteiger partial charge in [0.05, 0.1) is 5.69 Å². The summed E-state index contributed by atoms with van der Waals surface area (Å²) < 4.78 is 12.5. The van der Waals surface area contributed by atoms with Crippen molar-refractivity contribution in [2.75, 3.05) is 12.8 Å². The van der Waals surface area contributed by atoms with Crippen LogP contribution in [0, 0.1) is 0 Å². The van der Waals surface area contributed by atoms with Gasteiger partial charge in [-0.1, -0.05) is 0 Å². The Balaban J connectivity index is 2.36. The first-order valence-electron chi connectivity index (χ1n) is 5.24. The van der Waals surface area contributed by atoms with Crippen molar-refractivity contribution in [1.29, 1.82) is 0 Å². The summed E-state index contributed by atoms with van der Waals surface area (Å²) in [7, 11) is -2.36. The van der Waals surface area contributed by atoms with E-state index in [9.17, 15) is 4.57 Å². The van der Waals surface area contributed by atoms with Gasteiger partial charge >= 0.3 is 0 Å². The highest BCUT2D eigenvalue weighted by atomic mass is 31.2. The normalized spacial score (nSPS) is 24.3. The minimum atomic E-state index is -2.36. The molecule has 5 heteroatoms. The summed E-state index contributed by atoms with van der Waals surface area (Å²) in [6.45, 7) is 1.79. The van der Waals surface area contributed by atoms with Gasteiger partial charge in [-0.05, 0) is 25.2 Å². The zero-order valence-electron chi connectivity index (χ0n) is 8.97. The fourth-order valence-corrected chi connectivity index (χ4v) is 3.72. The molecule has 0 saturated heterocycles. The second kappa shape index (κ2) is 3.29. The molecule has 82 valence electrons. The standard InChI is InChI=1S/C11H12N3OP/c1-16(15)6-2-4-12-9-7-8-3-5-13-10(8)14-11(9)16/h3-5,7H,2,6H2,1H3,(H,13,14). The van der Waals surface area contributed by atoms with E-state index in [1.54, 1.807) is 6.66 Å². The Morgan fingerprint density at radius 3 is 3.25 bits per heavy atom. The molecule has 2 aromatic rings. The summed E-state index contributed by atoms with van der Waals surface area (Å²) in [5.41, 5.74) is 2.21. The van der Waals surface area contributed by atoms with Crippen LogP contribution in [0.1, 0.15) is 6.42 Å². The van der Waals surface area contributed by atoms with Gasteiger partial charge in [0.25, 0.3) is 0 Å². The molecule has 0 bridgehead atoms. The number of hydrogen-bond donors (Lipinski definition) is 1. The lowest BCUT2D eigenvalue weighted by molar-refractivity contribution is 0.584. The van der Waals surface area contributed by atoms with E-state index in [1.807, 2.05) is 24.5 Å². The van der Waals surface area contributed by atoms with E-state index in [4.69, 9.17) is 0 Å². The number of aliphatic imine (C=N–C) groups is 1. The first kappa shape index (κ1) is 9.79. The molecule has 0 radical (unpaired) electrons. The van der Waals surface area contributed by atoms with Crippen molar-refractivity contribution < 1.29 is 4.57 Å². The maximum absolute atomic E-state index is 12.5. The molecule has 0 saturated carbocycles. The molecule has 0 spiro atoms. The number of hydrogen-bond acceptors (Lipinski definition) is 3. The number of aromatic nitrogens is 2. The Hall–Kier alpha value is -1.41. The maximum atomic E-state index is 12.5. The Bertz CT molecular complexity index is 629. The number of pyridine rings is 1. The number of nitrogens with zero attached hydrogens (tertiary/aromatic N) is 2. The highest BCUT2D eigenvalue weighted by Crippen LogP contribution is 2.44. The zero-order chi connectivity index (χ0) is 11.2. The van der Waals surface area contributed by atoms with Gasteiger partial charge < -0.3 is 9.55 Å². The Morgan fingerprint density at radius 2 is 2.38 bits per heavy atom. The highest BCUT2D eigenvalue weighted by molar-refractivity contribution is 7.71. The van der Waals surface area contributed by atoms with Gasteiger partial charge in [-0.15, -0.1) is 0 Å². The quantitative estimate of drug-likeness (QED) is 0.709. The molecular weight excluding hydrogens is 221 g/mol. The van der Waals surface area contributed by atoms with E-state index in [0.29, 0.717) is 11.6 Å². The predicted octanol–water partition coefficient (Wildman–Crippen LogP) is 2.29. The summed E-state index contributed by atoms with van der Waals surface area (Å²) in [6.07, 6.45) is 5.09. The number of fused-ring (bicyclic) bond motifs is 2. The van der Waals surface area contributed by atoms with Crippen molar-refractivity contribution in [3.05, 3.63) is 18.3 Å². The Morgan fingerprint density at radius 1 is 1.50 bits per heavy atom. The van der Waals surface area contributed by atoms with E-state index in [-0.39, 0.29) is 0 Å². The number of rotatable bonds is 0. The van der Waals surface area contributed by atoms with E-state index < -0.39 is 7.14 Å². The van der Waals surface area contributed by atoms with E-state index in [1.165, 1.54) is 0 Å². The van der Waals surface area contributed by atoms with Crippen LogP contribution in [0.25, 0.3) is 11.0 Å². The molecule has 16 heavy (non-hydrogen) atoms. The third-order valence-corrected chi connectivity index (χ3v) is 5.20. The van der Waals surface area contributed by atoms with E-state index in [2.05, 4.69) is 15.0 Å². The summed E-state index contributed by atoms with van der Waals surface area (Å²) in [5.74, 6) is 0. The van der Waals surface area contributed by atoms with Crippen LogP contribution in [0.5, 0.6) is 0 Å². The lowest BCUT2D eigenvalue weighted by Crippen LogP contribution is -2.11. The molecule has 0 amide bonds. The lowest BCUT2D eigenvalue weighted by Gasteiger charge is -2.11. The van der Waals surface area contributed by atoms with Gasteiger partial charge in [-0.25, -0.2) is 4.98 Å². The number of H-pyrrole nitrogens is 1. The van der Waals surface area contributed by atoms with E-state index in [0.717, 1.165) is 23.1 Å². The highest BCUT2D eigenvalue weighted by Gasteiger charge is 2.25. The monoisotopic (exact) mass is 233 g/mol. The summed E-state index contributed by atoms with van der Waals surface area (Å²) in [4.78, 5) is 11.8. The minimum Gasteiger partial charge on any atom is -0.346 e. The van der Waals surface area contributed by atoms with Gasteiger partial charge in [-0.3, -0.25) is 4.99 Å². The summed E-state index contributed by atoms with van der Waals surface area (Å²) in [6, 6.07) is 3.90. The summed E-state index contributed by atoms with van der Waals surface area (Å²) in [5, 5.41) is 1.01. The van der Waals surface area contributed by atoms with Crippen LogP contribution in [0.15, 0.2) is 23.3 Å². The van der Waals surface area contributed by atoms with Crippen molar-refractivity contribution in [2.24, 2.45) is 4.99 Å². The number of nitrogens with one attached hydrogen (secondary N) is 1. The average molecular weight is 233 g/mol. The van der Waals surface area contributed by atoms with Crippen LogP contribution in [-0.2, 0) is 4.57 Å². The van der Waals surface area contributed by atoms with Crippen LogP contribution >= 0.6 is 7.14 Å². The van der Waals surface area contributed by atoms with Gasteiger partial charge in [0.1, 0.15) is 18.2 Å². The molecule has 0 fully saturated rings. The molecular formula is C11H12N3OP. The Kier molecular flexibility index (Phi) is 2.01. The van der Waals surface area contributed by atoms with Crippen LogP contribution < -0.4 is 5.44 Å². The van der Waals surface area contributed by atoms with Gasteiger partial charge in [-0.2, -0.15) is 0 Å².